The Labute approximate surface area is 109 Å². The van der Waals surface area contributed by atoms with E-state index in [2.05, 4.69) is 0 Å². The van der Waals surface area contributed by atoms with Gasteiger partial charge in [0, 0.05) is 7.05 Å². The lowest BCUT2D eigenvalue weighted by Crippen LogP contribution is -2.51. The van der Waals surface area contributed by atoms with Crippen molar-refractivity contribution in [3.05, 3.63) is 29.8 Å². The molecule has 9 heteroatoms. The number of carboxylic acids is 1. The number of hydrogen-bond donors (Lipinski definition) is 1. The second-order valence-electron chi connectivity index (χ2n) is 3.76. The summed E-state index contributed by atoms with van der Waals surface area (Å²) in [6.45, 7) is 0. The lowest BCUT2D eigenvalue weighted by atomic mass is 10.1. The minimum Gasteiger partial charge on any atom is -0.478 e. The Balaban J connectivity index is 3.23. The number of carbonyl (C=O) groups excluding carboxylic acids is 1. The third-order valence-electron chi connectivity index (χ3n) is 2.43. The van der Waals surface area contributed by atoms with Gasteiger partial charge in [0.05, 0.1) is 11.3 Å². The molecular formula is C11H8F5NO3. The molecule has 0 spiro atoms. The first-order chi connectivity index (χ1) is 9.00. The van der Waals surface area contributed by atoms with Crippen molar-refractivity contribution in [2.45, 2.75) is 12.1 Å². The fraction of sp³-hybridized carbons (Fsp3) is 0.273. The number of anilines is 1. The highest BCUT2D eigenvalue weighted by molar-refractivity contribution is 6.04. The molecule has 0 unspecified atom stereocenters. The number of aromatic carboxylic acids is 1. The van der Waals surface area contributed by atoms with E-state index in [1.54, 1.807) is 0 Å². The highest BCUT2D eigenvalue weighted by Gasteiger charge is 2.64. The molecule has 1 aromatic rings. The molecule has 4 nitrogen and oxygen atoms in total. The Bertz CT molecular complexity index is 541. The third-order valence-corrected chi connectivity index (χ3v) is 2.43. The molecule has 1 rings (SSSR count). The molecule has 0 bridgehead atoms. The van der Waals surface area contributed by atoms with E-state index >= 15 is 0 Å². The van der Waals surface area contributed by atoms with E-state index in [0.717, 1.165) is 12.1 Å². The van der Waals surface area contributed by atoms with Crippen LogP contribution >= 0.6 is 0 Å². The molecule has 0 aliphatic heterocycles. The van der Waals surface area contributed by atoms with Crippen LogP contribution in [0, 0.1) is 0 Å². The quantitative estimate of drug-likeness (QED) is 0.872. The SMILES string of the molecule is CN(C(=O)C(F)(F)C(F)(F)F)c1ccccc1C(=O)O. The fourth-order valence-electron chi connectivity index (χ4n) is 1.39. The highest BCUT2D eigenvalue weighted by Crippen LogP contribution is 2.37. The Kier molecular flexibility index (Phi) is 4.02. The van der Waals surface area contributed by atoms with Gasteiger partial charge in [-0.3, -0.25) is 4.79 Å². The van der Waals surface area contributed by atoms with Crippen LogP contribution in [0.1, 0.15) is 10.4 Å². The minimum atomic E-state index is -6.06. The average molecular weight is 297 g/mol. The van der Waals surface area contributed by atoms with Crippen LogP contribution in [0.4, 0.5) is 27.6 Å². The maximum Gasteiger partial charge on any atom is 0.463 e. The number of halogens is 5. The number of amides is 1. The predicted molar refractivity (Wildman–Crippen MR) is 57.8 cm³/mol. The van der Waals surface area contributed by atoms with Gasteiger partial charge in [-0.25, -0.2) is 4.79 Å². The van der Waals surface area contributed by atoms with Crippen molar-refractivity contribution in [1.29, 1.82) is 0 Å². The van der Waals surface area contributed by atoms with Crippen LogP contribution in [0.5, 0.6) is 0 Å². The molecular weight excluding hydrogens is 289 g/mol. The van der Waals surface area contributed by atoms with Crippen LogP contribution in [0.2, 0.25) is 0 Å². The van der Waals surface area contributed by atoms with Crippen LogP contribution in [-0.4, -0.2) is 36.1 Å². The van der Waals surface area contributed by atoms with E-state index in [1.807, 2.05) is 0 Å². The number of carboxylic acid groups (broad SMARTS) is 1. The summed E-state index contributed by atoms with van der Waals surface area (Å²) in [4.78, 5) is 22.1. The maximum atomic E-state index is 12.9. The fourth-order valence-corrected chi connectivity index (χ4v) is 1.39. The van der Waals surface area contributed by atoms with Crippen molar-refractivity contribution in [3.63, 3.8) is 0 Å². The topological polar surface area (TPSA) is 57.6 Å². The summed E-state index contributed by atoms with van der Waals surface area (Å²) in [7, 11) is 0.643. The van der Waals surface area contributed by atoms with Crippen molar-refractivity contribution >= 4 is 17.6 Å². The molecule has 1 amide bonds. The summed E-state index contributed by atoms with van der Waals surface area (Å²) < 4.78 is 62.2. The lowest BCUT2D eigenvalue weighted by Gasteiger charge is -2.25. The molecule has 1 N–H and O–H groups in total. The predicted octanol–water partition coefficient (Wildman–Crippen LogP) is 2.55. The molecule has 110 valence electrons. The van der Waals surface area contributed by atoms with Gasteiger partial charge in [0.25, 0.3) is 0 Å². The molecule has 1 aromatic carbocycles. The summed E-state index contributed by atoms with van der Waals surface area (Å²) in [5, 5.41) is 8.81. The van der Waals surface area contributed by atoms with Gasteiger partial charge in [0.1, 0.15) is 0 Å². The highest BCUT2D eigenvalue weighted by atomic mass is 19.4. The second-order valence-corrected chi connectivity index (χ2v) is 3.76. The van der Waals surface area contributed by atoms with E-state index in [-0.39, 0.29) is 4.90 Å². The number of hydrogen-bond acceptors (Lipinski definition) is 2. The number of para-hydroxylation sites is 1. The number of benzene rings is 1. The first kappa shape index (κ1) is 15.9. The number of carbonyl (C=O) groups is 2. The summed E-state index contributed by atoms with van der Waals surface area (Å²) in [6.07, 6.45) is -6.06. The standard InChI is InChI=1S/C11H8F5NO3/c1-17(9(20)10(12,13)11(14,15)16)7-5-3-2-4-6(7)8(18)19/h2-5H,1H3,(H,18,19). The van der Waals surface area contributed by atoms with Gasteiger partial charge in [-0.15, -0.1) is 0 Å². The van der Waals surface area contributed by atoms with Gasteiger partial charge < -0.3 is 10.0 Å². The van der Waals surface area contributed by atoms with Crippen molar-refractivity contribution in [1.82, 2.24) is 0 Å². The van der Waals surface area contributed by atoms with Gasteiger partial charge in [-0.05, 0) is 12.1 Å². The Hall–Kier alpha value is -2.19. The molecule has 0 aliphatic carbocycles. The zero-order chi connectivity index (χ0) is 15.7. The molecule has 0 saturated carbocycles. The Morgan fingerprint density at radius 2 is 1.60 bits per heavy atom. The van der Waals surface area contributed by atoms with E-state index < -0.39 is 35.2 Å². The Morgan fingerprint density at radius 3 is 2.05 bits per heavy atom. The first-order valence-corrected chi connectivity index (χ1v) is 5.05. The zero-order valence-corrected chi connectivity index (χ0v) is 9.91. The average Bonchev–Trinajstić information content (AvgIpc) is 2.35. The molecule has 0 fully saturated rings. The third kappa shape index (κ3) is 2.70. The van der Waals surface area contributed by atoms with Crippen LogP contribution in [0.15, 0.2) is 24.3 Å². The molecule has 20 heavy (non-hydrogen) atoms. The van der Waals surface area contributed by atoms with Crippen molar-refractivity contribution in [2.75, 3.05) is 11.9 Å². The number of rotatable bonds is 3. The van der Waals surface area contributed by atoms with Gasteiger partial charge >= 0.3 is 24.0 Å². The maximum absolute atomic E-state index is 12.9. The van der Waals surface area contributed by atoms with E-state index in [1.165, 1.54) is 12.1 Å². The molecule has 0 aromatic heterocycles. The van der Waals surface area contributed by atoms with Crippen molar-refractivity contribution < 1.29 is 36.6 Å². The first-order valence-electron chi connectivity index (χ1n) is 5.05. The normalized spacial score (nSPS) is 12.1. The summed E-state index contributed by atoms with van der Waals surface area (Å²) >= 11 is 0. The van der Waals surface area contributed by atoms with Crippen molar-refractivity contribution in [2.24, 2.45) is 0 Å². The van der Waals surface area contributed by atoms with E-state index in [9.17, 15) is 31.5 Å². The van der Waals surface area contributed by atoms with Gasteiger partial charge in [-0.2, -0.15) is 22.0 Å². The summed E-state index contributed by atoms with van der Waals surface area (Å²) in [5.74, 6) is -9.72. The molecule has 0 saturated heterocycles. The van der Waals surface area contributed by atoms with Gasteiger partial charge in [0.15, 0.2) is 0 Å². The van der Waals surface area contributed by atoms with Gasteiger partial charge in [0.2, 0.25) is 0 Å². The van der Waals surface area contributed by atoms with Crippen molar-refractivity contribution in [3.8, 4) is 0 Å². The number of nitrogens with zero attached hydrogens (tertiary/aromatic N) is 1. The second kappa shape index (κ2) is 5.06. The largest absolute Gasteiger partial charge is 0.478 e. The molecule has 0 heterocycles. The lowest BCUT2D eigenvalue weighted by molar-refractivity contribution is -0.268. The molecule has 0 aliphatic rings. The van der Waals surface area contributed by atoms with Crippen LogP contribution in [0.25, 0.3) is 0 Å². The Morgan fingerprint density at radius 1 is 1.10 bits per heavy atom. The molecule has 0 radical (unpaired) electrons. The van der Waals surface area contributed by atoms with Crippen LogP contribution in [0.3, 0.4) is 0 Å². The summed E-state index contributed by atoms with van der Waals surface area (Å²) in [5.41, 5.74) is -1.13. The minimum absolute atomic E-state index is 0.0308. The van der Waals surface area contributed by atoms with E-state index in [4.69, 9.17) is 5.11 Å². The zero-order valence-electron chi connectivity index (χ0n) is 9.91. The van der Waals surface area contributed by atoms with Gasteiger partial charge in [-0.1, -0.05) is 12.1 Å². The summed E-state index contributed by atoms with van der Waals surface area (Å²) in [6, 6.07) is 4.38. The smallest absolute Gasteiger partial charge is 0.463 e. The number of alkyl halides is 5. The monoisotopic (exact) mass is 297 g/mol. The van der Waals surface area contributed by atoms with Crippen LogP contribution in [-0.2, 0) is 4.79 Å². The molecule has 0 atom stereocenters. The van der Waals surface area contributed by atoms with E-state index in [0.29, 0.717) is 7.05 Å². The van der Waals surface area contributed by atoms with Crippen LogP contribution < -0.4 is 4.90 Å².